The molecule has 198 valence electrons. The van der Waals surface area contributed by atoms with Crippen LogP contribution in [0.1, 0.15) is 54.3 Å². The molecule has 9 heteroatoms. The average Bonchev–Trinajstić information content (AvgIpc) is 3.48. The number of hydrogen-bond donors (Lipinski definition) is 1. The van der Waals surface area contributed by atoms with Gasteiger partial charge in [0.15, 0.2) is 11.4 Å². The molecule has 1 saturated heterocycles. The van der Waals surface area contributed by atoms with Gasteiger partial charge in [0.05, 0.1) is 23.0 Å². The molecule has 37 heavy (non-hydrogen) atoms. The predicted octanol–water partition coefficient (Wildman–Crippen LogP) is 5.94. The Bertz CT molecular complexity index is 1310. The highest BCUT2D eigenvalue weighted by atomic mass is 28.3. The SMILES string of the molecule is CC(C)(C)C(=O)c1cn(COCC[Si](C)(C)C)c2ncc(-c3cc(C(=O)O)cc(N4CCCC4)c3)nc12. The zero-order valence-electron chi connectivity index (χ0n) is 22.8. The summed E-state index contributed by atoms with van der Waals surface area (Å²) in [6.07, 6.45) is 5.62. The molecule has 0 aliphatic carbocycles. The maximum Gasteiger partial charge on any atom is 0.335 e. The number of ether oxygens (including phenoxy) is 1. The van der Waals surface area contributed by atoms with Gasteiger partial charge in [-0.25, -0.2) is 14.8 Å². The molecule has 0 spiro atoms. The highest BCUT2D eigenvalue weighted by Gasteiger charge is 2.28. The minimum atomic E-state index is -1.22. The van der Waals surface area contributed by atoms with E-state index in [9.17, 15) is 14.7 Å². The molecule has 4 rings (SSSR count). The fraction of sp³-hybridized carbons (Fsp3) is 0.500. The molecule has 0 amide bonds. The normalized spacial score (nSPS) is 14.5. The Hall–Kier alpha value is -3.04. The van der Waals surface area contributed by atoms with Crippen molar-refractivity contribution in [2.24, 2.45) is 5.41 Å². The van der Waals surface area contributed by atoms with Gasteiger partial charge >= 0.3 is 5.97 Å². The Balaban J connectivity index is 1.76. The number of aromatic nitrogens is 3. The minimum Gasteiger partial charge on any atom is -0.478 e. The van der Waals surface area contributed by atoms with Gasteiger partial charge in [0, 0.05) is 50.6 Å². The van der Waals surface area contributed by atoms with Gasteiger partial charge in [-0.3, -0.25) is 4.79 Å². The van der Waals surface area contributed by atoms with Crippen LogP contribution in [-0.2, 0) is 11.5 Å². The van der Waals surface area contributed by atoms with E-state index in [2.05, 4.69) is 29.5 Å². The van der Waals surface area contributed by atoms with Crippen LogP contribution >= 0.6 is 0 Å². The molecule has 2 aromatic heterocycles. The van der Waals surface area contributed by atoms with E-state index in [0.29, 0.717) is 41.3 Å². The summed E-state index contributed by atoms with van der Waals surface area (Å²) in [6, 6.07) is 6.36. The quantitative estimate of drug-likeness (QED) is 0.211. The summed E-state index contributed by atoms with van der Waals surface area (Å²) < 4.78 is 7.81. The topological polar surface area (TPSA) is 97.5 Å². The fourth-order valence-corrected chi connectivity index (χ4v) is 5.20. The number of anilines is 1. The van der Waals surface area contributed by atoms with Crippen LogP contribution in [0.3, 0.4) is 0 Å². The number of carbonyl (C=O) groups excluding carboxylic acids is 1. The monoisotopic (exact) mass is 522 g/mol. The van der Waals surface area contributed by atoms with Gasteiger partial charge in [-0.1, -0.05) is 40.4 Å². The number of carboxylic acids is 1. The first kappa shape index (κ1) is 27.0. The molecule has 1 aliphatic rings. The van der Waals surface area contributed by atoms with Crippen molar-refractivity contribution in [3.63, 3.8) is 0 Å². The van der Waals surface area contributed by atoms with Gasteiger partial charge in [-0.2, -0.15) is 0 Å². The van der Waals surface area contributed by atoms with Crippen molar-refractivity contribution >= 4 is 36.7 Å². The number of rotatable bonds is 9. The van der Waals surface area contributed by atoms with Crippen LogP contribution in [0.2, 0.25) is 25.7 Å². The van der Waals surface area contributed by atoms with Crippen molar-refractivity contribution in [3.8, 4) is 11.3 Å². The standard InChI is InChI=1S/C28H38N4O4Si/c1-28(2,3)25(33)22-17-32(18-36-11-12-37(4,5)6)26-24(22)30-23(16-29-26)19-13-20(27(34)35)15-21(14-19)31-9-7-8-10-31/h13-17H,7-12,18H2,1-6H3,(H,34,35). The molecule has 1 aromatic carbocycles. The number of Topliss-reactive ketones (excluding diaryl/α,β-unsaturated/α-hetero) is 1. The highest BCUT2D eigenvalue weighted by molar-refractivity contribution is 6.76. The second kappa shape index (κ2) is 10.4. The number of benzene rings is 1. The summed E-state index contributed by atoms with van der Waals surface area (Å²) in [5.74, 6) is -1.01. The van der Waals surface area contributed by atoms with E-state index in [4.69, 9.17) is 9.72 Å². The number of carboxylic acid groups (broad SMARTS) is 1. The van der Waals surface area contributed by atoms with E-state index in [1.165, 1.54) is 0 Å². The lowest BCUT2D eigenvalue weighted by molar-refractivity contribution is 0.0696. The number of hydrogen-bond acceptors (Lipinski definition) is 6. The molecule has 0 unspecified atom stereocenters. The number of ketones is 1. The number of nitrogens with zero attached hydrogens (tertiary/aromatic N) is 4. The first-order valence-corrected chi connectivity index (χ1v) is 16.7. The summed E-state index contributed by atoms with van der Waals surface area (Å²) >= 11 is 0. The highest BCUT2D eigenvalue weighted by Crippen LogP contribution is 2.31. The van der Waals surface area contributed by atoms with Crippen LogP contribution in [0, 0.1) is 5.41 Å². The smallest absolute Gasteiger partial charge is 0.335 e. The van der Waals surface area contributed by atoms with Crippen molar-refractivity contribution in [2.45, 2.75) is 66.0 Å². The molecule has 3 aromatic rings. The third-order valence-corrected chi connectivity index (χ3v) is 8.35. The summed E-state index contributed by atoms with van der Waals surface area (Å²) in [6.45, 7) is 15.3. The summed E-state index contributed by atoms with van der Waals surface area (Å²) in [5, 5.41) is 9.74. The number of aromatic carboxylic acids is 1. The molecule has 0 saturated carbocycles. The molecule has 1 fully saturated rings. The van der Waals surface area contributed by atoms with Crippen molar-refractivity contribution in [2.75, 3.05) is 24.6 Å². The van der Waals surface area contributed by atoms with E-state index in [-0.39, 0.29) is 11.3 Å². The van der Waals surface area contributed by atoms with Crippen LogP contribution in [-0.4, -0.2) is 59.2 Å². The molecule has 3 heterocycles. The lowest BCUT2D eigenvalue weighted by atomic mass is 9.87. The third kappa shape index (κ3) is 6.27. The van der Waals surface area contributed by atoms with Gasteiger partial charge in [-0.15, -0.1) is 0 Å². The maximum atomic E-state index is 13.4. The maximum absolute atomic E-state index is 13.4. The molecular weight excluding hydrogens is 484 g/mol. The predicted molar refractivity (Wildman–Crippen MR) is 149 cm³/mol. The molecule has 1 N–H and O–H groups in total. The van der Waals surface area contributed by atoms with Crippen molar-refractivity contribution < 1.29 is 19.4 Å². The number of carbonyl (C=O) groups is 2. The number of fused-ring (bicyclic) bond motifs is 1. The second-order valence-electron chi connectivity index (χ2n) is 12.1. The second-order valence-corrected chi connectivity index (χ2v) is 17.8. The van der Waals surface area contributed by atoms with Gasteiger partial charge < -0.3 is 19.3 Å². The zero-order chi connectivity index (χ0) is 27.0. The Labute approximate surface area is 219 Å². The van der Waals surface area contributed by atoms with Crippen molar-refractivity contribution in [1.29, 1.82) is 0 Å². The van der Waals surface area contributed by atoms with Gasteiger partial charge in [0.25, 0.3) is 0 Å². The summed E-state index contributed by atoms with van der Waals surface area (Å²) in [7, 11) is -1.22. The lowest BCUT2D eigenvalue weighted by Crippen LogP contribution is -2.22. The Morgan fingerprint density at radius 3 is 2.43 bits per heavy atom. The van der Waals surface area contributed by atoms with E-state index < -0.39 is 19.5 Å². The fourth-order valence-electron chi connectivity index (χ4n) is 4.44. The van der Waals surface area contributed by atoms with E-state index in [1.54, 1.807) is 24.5 Å². The van der Waals surface area contributed by atoms with Crippen LogP contribution in [0.15, 0.2) is 30.6 Å². The molecular formula is C28H38N4O4Si. The molecule has 0 radical (unpaired) electrons. The van der Waals surface area contributed by atoms with Crippen LogP contribution in [0.4, 0.5) is 5.69 Å². The first-order valence-electron chi connectivity index (χ1n) is 13.0. The molecule has 1 aliphatic heterocycles. The Morgan fingerprint density at radius 2 is 1.81 bits per heavy atom. The van der Waals surface area contributed by atoms with E-state index >= 15 is 0 Å². The zero-order valence-corrected chi connectivity index (χ0v) is 23.8. The minimum absolute atomic E-state index is 0.0261. The van der Waals surface area contributed by atoms with E-state index in [1.807, 2.05) is 31.4 Å². The molecule has 0 atom stereocenters. The average molecular weight is 523 g/mol. The Morgan fingerprint density at radius 1 is 1.11 bits per heavy atom. The van der Waals surface area contributed by atoms with Crippen LogP contribution in [0.5, 0.6) is 0 Å². The van der Waals surface area contributed by atoms with Gasteiger partial charge in [0.2, 0.25) is 0 Å². The van der Waals surface area contributed by atoms with Gasteiger partial charge in [-0.05, 0) is 37.1 Å². The van der Waals surface area contributed by atoms with Crippen molar-refractivity contribution in [1.82, 2.24) is 14.5 Å². The first-order chi connectivity index (χ1) is 17.3. The van der Waals surface area contributed by atoms with Gasteiger partial charge in [0.1, 0.15) is 12.2 Å². The lowest BCUT2D eigenvalue weighted by Gasteiger charge is -2.19. The molecule has 0 bridgehead atoms. The largest absolute Gasteiger partial charge is 0.478 e. The summed E-state index contributed by atoms with van der Waals surface area (Å²) in [5.41, 5.74) is 3.28. The van der Waals surface area contributed by atoms with Crippen LogP contribution < -0.4 is 4.90 Å². The van der Waals surface area contributed by atoms with Crippen molar-refractivity contribution in [3.05, 3.63) is 41.7 Å². The summed E-state index contributed by atoms with van der Waals surface area (Å²) in [4.78, 5) is 37.0. The van der Waals surface area contributed by atoms with E-state index in [0.717, 1.165) is 37.7 Å². The third-order valence-electron chi connectivity index (χ3n) is 6.65. The molecule has 8 nitrogen and oxygen atoms in total. The van der Waals surface area contributed by atoms with Crippen LogP contribution in [0.25, 0.3) is 22.4 Å². The Kier molecular flexibility index (Phi) is 7.57.